The van der Waals surface area contributed by atoms with Crippen molar-refractivity contribution >= 4 is 23.2 Å². The summed E-state index contributed by atoms with van der Waals surface area (Å²) in [6.45, 7) is 4.57. The zero-order valence-corrected chi connectivity index (χ0v) is 15.1. The number of benzene rings is 1. The van der Waals surface area contributed by atoms with Crippen molar-refractivity contribution in [2.45, 2.75) is 24.5 Å². The van der Waals surface area contributed by atoms with Gasteiger partial charge in [0.1, 0.15) is 18.5 Å². The molecule has 2 aliphatic heterocycles. The second kappa shape index (κ2) is 8.21. The summed E-state index contributed by atoms with van der Waals surface area (Å²) in [6.07, 6.45) is 1.24. The maximum atomic E-state index is 10.3. The number of morpholine rings is 1. The van der Waals surface area contributed by atoms with Gasteiger partial charge in [0.25, 0.3) is 0 Å². The first-order chi connectivity index (χ1) is 11.6. The van der Waals surface area contributed by atoms with Crippen LogP contribution in [0.5, 0.6) is 5.75 Å². The van der Waals surface area contributed by atoms with Gasteiger partial charge in [0.15, 0.2) is 0 Å². The van der Waals surface area contributed by atoms with E-state index in [0.717, 1.165) is 39.1 Å². The quantitative estimate of drug-likeness (QED) is 0.856. The summed E-state index contributed by atoms with van der Waals surface area (Å²) in [5.74, 6) is 0.531. The molecule has 3 rings (SSSR count). The molecule has 2 aliphatic rings. The van der Waals surface area contributed by atoms with Gasteiger partial charge in [-0.2, -0.15) is 0 Å². The number of aliphatic hydroxyl groups excluding tert-OH is 1. The van der Waals surface area contributed by atoms with E-state index in [2.05, 4.69) is 4.90 Å². The first-order valence-corrected chi connectivity index (χ1v) is 9.02. The molecule has 1 unspecified atom stereocenters. The van der Waals surface area contributed by atoms with Gasteiger partial charge in [-0.3, -0.25) is 4.90 Å². The van der Waals surface area contributed by atoms with E-state index in [1.165, 1.54) is 0 Å². The van der Waals surface area contributed by atoms with Crippen LogP contribution in [0.3, 0.4) is 0 Å². The van der Waals surface area contributed by atoms with Crippen molar-refractivity contribution in [2.75, 3.05) is 46.1 Å². The van der Waals surface area contributed by atoms with Gasteiger partial charge in [-0.1, -0.05) is 23.2 Å². The third kappa shape index (κ3) is 4.75. The summed E-state index contributed by atoms with van der Waals surface area (Å²) in [4.78, 5) is 2.24. The Kier molecular flexibility index (Phi) is 6.24. The van der Waals surface area contributed by atoms with Crippen molar-refractivity contribution in [3.63, 3.8) is 0 Å². The number of β-amino-alcohol motifs (C(OH)–C–C–N with tert-alkyl or cyclic N) is 1. The zero-order chi connectivity index (χ0) is 17.0. The van der Waals surface area contributed by atoms with Crippen LogP contribution in [0.4, 0.5) is 0 Å². The summed E-state index contributed by atoms with van der Waals surface area (Å²) in [6, 6.07) is 5.05. The predicted molar refractivity (Wildman–Crippen MR) is 93.1 cm³/mol. The lowest BCUT2D eigenvalue weighted by Crippen LogP contribution is -2.55. The summed E-state index contributed by atoms with van der Waals surface area (Å²) in [7, 11) is 0. The Labute approximate surface area is 152 Å². The first kappa shape index (κ1) is 18.2. The highest BCUT2D eigenvalue weighted by atomic mass is 35.5. The number of halogens is 2. The zero-order valence-electron chi connectivity index (χ0n) is 13.5. The fourth-order valence-electron chi connectivity index (χ4n) is 3.25. The van der Waals surface area contributed by atoms with E-state index >= 15 is 0 Å². The molecule has 1 atom stereocenters. The standard InChI is InChI=1S/C17H23Cl2NO4/c18-13-1-2-16(15(19)9-13)23-11-14(21)10-20-5-8-24-17(12-20)3-6-22-7-4-17/h1-2,9,14,21H,3-8,10-12H2. The summed E-state index contributed by atoms with van der Waals surface area (Å²) < 4.78 is 17.1. The van der Waals surface area contributed by atoms with E-state index in [0.29, 0.717) is 28.9 Å². The number of rotatable bonds is 5. The molecule has 2 heterocycles. The van der Waals surface area contributed by atoms with E-state index in [-0.39, 0.29) is 12.2 Å². The normalized spacial score (nSPS) is 22.5. The fourth-order valence-corrected chi connectivity index (χ4v) is 3.72. The Balaban J connectivity index is 1.48. The Morgan fingerprint density at radius 1 is 1.25 bits per heavy atom. The summed E-state index contributed by atoms with van der Waals surface area (Å²) >= 11 is 11.9. The molecular weight excluding hydrogens is 353 g/mol. The lowest BCUT2D eigenvalue weighted by molar-refractivity contribution is -0.157. The van der Waals surface area contributed by atoms with Crippen molar-refractivity contribution in [3.8, 4) is 5.75 Å². The lowest BCUT2D eigenvalue weighted by Gasteiger charge is -2.45. The molecule has 24 heavy (non-hydrogen) atoms. The van der Waals surface area contributed by atoms with Crippen molar-refractivity contribution < 1.29 is 19.3 Å². The smallest absolute Gasteiger partial charge is 0.138 e. The highest BCUT2D eigenvalue weighted by Crippen LogP contribution is 2.30. The SMILES string of the molecule is OC(COc1ccc(Cl)cc1Cl)CN1CCOC2(CCOCC2)C1. The number of hydrogen-bond donors (Lipinski definition) is 1. The molecule has 0 amide bonds. The average molecular weight is 376 g/mol. The van der Waals surface area contributed by atoms with Gasteiger partial charge >= 0.3 is 0 Å². The second-order valence-corrected chi connectivity index (χ2v) is 7.26. The Morgan fingerprint density at radius 2 is 2.04 bits per heavy atom. The maximum Gasteiger partial charge on any atom is 0.138 e. The van der Waals surface area contributed by atoms with E-state index in [1.54, 1.807) is 18.2 Å². The predicted octanol–water partition coefficient (Wildman–Crippen LogP) is 2.61. The third-order valence-corrected chi connectivity index (χ3v) is 5.06. The van der Waals surface area contributed by atoms with Crippen molar-refractivity contribution in [1.82, 2.24) is 4.90 Å². The van der Waals surface area contributed by atoms with Crippen LogP contribution in [0.2, 0.25) is 10.0 Å². The largest absolute Gasteiger partial charge is 0.489 e. The van der Waals surface area contributed by atoms with Gasteiger partial charge < -0.3 is 19.3 Å². The Hall–Kier alpha value is -0.560. The molecule has 1 aromatic rings. The summed E-state index contributed by atoms with van der Waals surface area (Å²) in [5.41, 5.74) is -0.115. The molecule has 134 valence electrons. The van der Waals surface area contributed by atoms with Crippen LogP contribution < -0.4 is 4.74 Å². The molecule has 0 aliphatic carbocycles. The number of hydrogen-bond acceptors (Lipinski definition) is 5. The third-order valence-electron chi connectivity index (χ3n) is 4.53. The highest BCUT2D eigenvalue weighted by Gasteiger charge is 2.38. The van der Waals surface area contributed by atoms with Gasteiger partial charge in [0, 0.05) is 50.7 Å². The van der Waals surface area contributed by atoms with Gasteiger partial charge in [0.2, 0.25) is 0 Å². The van der Waals surface area contributed by atoms with Gasteiger partial charge in [-0.15, -0.1) is 0 Å². The molecule has 2 saturated heterocycles. The molecule has 1 spiro atoms. The van der Waals surface area contributed by atoms with Gasteiger partial charge in [-0.25, -0.2) is 0 Å². The minimum atomic E-state index is -0.591. The average Bonchev–Trinajstić information content (AvgIpc) is 2.55. The minimum absolute atomic E-state index is 0.115. The summed E-state index contributed by atoms with van der Waals surface area (Å²) in [5, 5.41) is 11.3. The van der Waals surface area contributed by atoms with Gasteiger partial charge in [-0.05, 0) is 18.2 Å². The van der Waals surface area contributed by atoms with Crippen molar-refractivity contribution in [1.29, 1.82) is 0 Å². The van der Waals surface area contributed by atoms with Crippen LogP contribution in [0.1, 0.15) is 12.8 Å². The van der Waals surface area contributed by atoms with Crippen LogP contribution >= 0.6 is 23.2 Å². The minimum Gasteiger partial charge on any atom is -0.489 e. The Morgan fingerprint density at radius 3 is 2.79 bits per heavy atom. The van der Waals surface area contributed by atoms with Crippen molar-refractivity contribution in [3.05, 3.63) is 28.2 Å². The topological polar surface area (TPSA) is 51.2 Å². The van der Waals surface area contributed by atoms with Crippen molar-refractivity contribution in [2.24, 2.45) is 0 Å². The van der Waals surface area contributed by atoms with Crippen LogP contribution in [-0.2, 0) is 9.47 Å². The number of nitrogens with zero attached hydrogens (tertiary/aromatic N) is 1. The molecule has 0 radical (unpaired) electrons. The molecule has 7 heteroatoms. The molecule has 1 N–H and O–H groups in total. The first-order valence-electron chi connectivity index (χ1n) is 8.26. The fraction of sp³-hybridized carbons (Fsp3) is 0.647. The van der Waals surface area contributed by atoms with Crippen LogP contribution in [-0.4, -0.2) is 67.8 Å². The van der Waals surface area contributed by atoms with Crippen LogP contribution in [0.25, 0.3) is 0 Å². The Bertz CT molecular complexity index is 546. The molecule has 0 saturated carbocycles. The molecule has 2 fully saturated rings. The number of aliphatic hydroxyl groups is 1. The molecular formula is C17H23Cl2NO4. The second-order valence-electron chi connectivity index (χ2n) is 6.42. The molecule has 0 aromatic heterocycles. The number of ether oxygens (including phenoxy) is 3. The molecule has 5 nitrogen and oxygen atoms in total. The van der Waals surface area contributed by atoms with E-state index < -0.39 is 6.10 Å². The molecule has 1 aromatic carbocycles. The van der Waals surface area contributed by atoms with Crippen LogP contribution in [0, 0.1) is 0 Å². The van der Waals surface area contributed by atoms with E-state index in [9.17, 15) is 5.11 Å². The lowest BCUT2D eigenvalue weighted by atomic mass is 9.92. The molecule has 0 bridgehead atoms. The van der Waals surface area contributed by atoms with E-state index in [4.69, 9.17) is 37.4 Å². The highest BCUT2D eigenvalue weighted by molar-refractivity contribution is 6.35. The monoisotopic (exact) mass is 375 g/mol. The van der Waals surface area contributed by atoms with Gasteiger partial charge in [0.05, 0.1) is 17.2 Å². The van der Waals surface area contributed by atoms with E-state index in [1.807, 2.05) is 0 Å². The van der Waals surface area contributed by atoms with Crippen LogP contribution in [0.15, 0.2) is 18.2 Å². The maximum absolute atomic E-state index is 10.3.